The van der Waals surface area contributed by atoms with Gasteiger partial charge in [-0.05, 0) is 24.6 Å². The Morgan fingerprint density at radius 2 is 2.10 bits per heavy atom. The lowest BCUT2D eigenvalue weighted by Crippen LogP contribution is -2.26. The molecule has 0 bridgehead atoms. The normalized spacial score (nSPS) is 15.4. The van der Waals surface area contributed by atoms with Gasteiger partial charge in [-0.1, -0.05) is 12.1 Å². The zero-order valence-corrected chi connectivity index (χ0v) is 17.7. The fourth-order valence-electron chi connectivity index (χ4n) is 3.59. The molecule has 1 aromatic carbocycles. The summed E-state index contributed by atoms with van der Waals surface area (Å²) in [7, 11) is 1.66. The minimum absolute atomic E-state index is 0.0487. The highest BCUT2D eigenvalue weighted by molar-refractivity contribution is 5.96. The SMILES string of the molecule is COC[C@H](C)Nc1ncc2c(OC3CCOCC3)ncc(-c3cccc(C#N)c3)c2n1. The van der Waals surface area contributed by atoms with Crippen molar-refractivity contribution < 1.29 is 14.2 Å². The standard InChI is InChI=1S/C23H25N5O3/c1-15(14-29-2)27-23-26-13-20-21(28-23)19(17-5-3-4-16(10-17)11-24)12-25-22(20)31-18-6-8-30-9-7-18/h3-5,10,12-13,15,18H,6-9,14H2,1-2H3,(H,26,27,28)/t15-/m0/s1. The maximum atomic E-state index is 9.30. The van der Waals surface area contributed by atoms with Crippen molar-refractivity contribution in [3.05, 3.63) is 42.2 Å². The van der Waals surface area contributed by atoms with Gasteiger partial charge in [-0.25, -0.2) is 15.0 Å². The smallest absolute Gasteiger partial charge is 0.224 e. The van der Waals surface area contributed by atoms with Crippen molar-refractivity contribution in [3.63, 3.8) is 0 Å². The summed E-state index contributed by atoms with van der Waals surface area (Å²) in [6.45, 7) is 3.90. The Labute approximate surface area is 181 Å². The molecule has 3 aromatic rings. The van der Waals surface area contributed by atoms with Gasteiger partial charge in [-0.2, -0.15) is 5.26 Å². The summed E-state index contributed by atoms with van der Waals surface area (Å²) in [4.78, 5) is 13.8. The predicted octanol–water partition coefficient (Wildman–Crippen LogP) is 3.57. The van der Waals surface area contributed by atoms with Gasteiger partial charge in [0.05, 0.1) is 42.4 Å². The number of hydrogen-bond donors (Lipinski definition) is 1. The van der Waals surface area contributed by atoms with Crippen molar-refractivity contribution >= 4 is 16.9 Å². The van der Waals surface area contributed by atoms with Crippen LogP contribution in [0.15, 0.2) is 36.7 Å². The van der Waals surface area contributed by atoms with E-state index in [9.17, 15) is 5.26 Å². The number of anilines is 1. The fraction of sp³-hybridized carbons (Fsp3) is 0.391. The van der Waals surface area contributed by atoms with E-state index < -0.39 is 0 Å². The monoisotopic (exact) mass is 419 g/mol. The van der Waals surface area contributed by atoms with Gasteiger partial charge in [0.2, 0.25) is 11.8 Å². The van der Waals surface area contributed by atoms with E-state index in [1.54, 1.807) is 25.6 Å². The maximum Gasteiger partial charge on any atom is 0.224 e. The minimum atomic E-state index is 0.0487. The molecule has 2 aromatic heterocycles. The first-order valence-corrected chi connectivity index (χ1v) is 10.3. The third-order valence-electron chi connectivity index (χ3n) is 5.13. The van der Waals surface area contributed by atoms with Crippen LogP contribution in [0, 0.1) is 11.3 Å². The van der Waals surface area contributed by atoms with Crippen molar-refractivity contribution in [2.45, 2.75) is 31.9 Å². The second kappa shape index (κ2) is 9.69. The van der Waals surface area contributed by atoms with Crippen LogP contribution in [0.1, 0.15) is 25.3 Å². The van der Waals surface area contributed by atoms with Crippen molar-refractivity contribution in [2.24, 2.45) is 0 Å². The summed E-state index contributed by atoms with van der Waals surface area (Å²) in [6, 6.07) is 9.64. The highest BCUT2D eigenvalue weighted by atomic mass is 16.5. The third-order valence-corrected chi connectivity index (χ3v) is 5.13. The van der Waals surface area contributed by atoms with Crippen molar-refractivity contribution in [2.75, 3.05) is 32.2 Å². The van der Waals surface area contributed by atoms with Gasteiger partial charge in [0, 0.05) is 44.0 Å². The van der Waals surface area contributed by atoms with E-state index in [4.69, 9.17) is 19.2 Å². The molecular weight excluding hydrogens is 394 g/mol. The van der Waals surface area contributed by atoms with E-state index in [1.165, 1.54) is 0 Å². The Hall–Kier alpha value is -3.28. The lowest BCUT2D eigenvalue weighted by atomic mass is 10.0. The Morgan fingerprint density at radius 1 is 1.26 bits per heavy atom. The van der Waals surface area contributed by atoms with Gasteiger partial charge in [0.15, 0.2) is 0 Å². The molecule has 1 aliphatic rings. The van der Waals surface area contributed by atoms with E-state index in [0.29, 0.717) is 42.7 Å². The number of aromatic nitrogens is 3. The molecule has 8 heteroatoms. The summed E-state index contributed by atoms with van der Waals surface area (Å²) < 4.78 is 16.8. The number of nitriles is 1. The highest BCUT2D eigenvalue weighted by Crippen LogP contribution is 2.33. The second-order valence-corrected chi connectivity index (χ2v) is 7.56. The Balaban J connectivity index is 1.77. The van der Waals surface area contributed by atoms with E-state index >= 15 is 0 Å². The average Bonchev–Trinajstić information content (AvgIpc) is 2.80. The maximum absolute atomic E-state index is 9.30. The summed E-state index contributed by atoms with van der Waals surface area (Å²) >= 11 is 0. The van der Waals surface area contributed by atoms with Gasteiger partial charge < -0.3 is 19.5 Å². The molecule has 1 fully saturated rings. The van der Waals surface area contributed by atoms with E-state index in [0.717, 1.165) is 29.4 Å². The van der Waals surface area contributed by atoms with Crippen LogP contribution in [0.4, 0.5) is 5.95 Å². The highest BCUT2D eigenvalue weighted by Gasteiger charge is 2.20. The molecule has 0 saturated carbocycles. The Kier molecular flexibility index (Phi) is 6.55. The van der Waals surface area contributed by atoms with E-state index in [1.807, 2.05) is 25.1 Å². The average molecular weight is 419 g/mol. The van der Waals surface area contributed by atoms with Crippen LogP contribution >= 0.6 is 0 Å². The lowest BCUT2D eigenvalue weighted by Gasteiger charge is -2.23. The molecule has 0 amide bonds. The number of nitrogens with one attached hydrogen (secondary N) is 1. The van der Waals surface area contributed by atoms with E-state index in [2.05, 4.69) is 21.4 Å². The molecule has 3 heterocycles. The summed E-state index contributed by atoms with van der Waals surface area (Å²) in [5, 5.41) is 13.3. The molecule has 0 aliphatic carbocycles. The number of hydrogen-bond acceptors (Lipinski definition) is 8. The largest absolute Gasteiger partial charge is 0.474 e. The van der Waals surface area contributed by atoms with Crippen LogP contribution in [0.3, 0.4) is 0 Å². The predicted molar refractivity (Wildman–Crippen MR) is 117 cm³/mol. The van der Waals surface area contributed by atoms with Crippen LogP contribution in [0.25, 0.3) is 22.0 Å². The van der Waals surface area contributed by atoms with Crippen LogP contribution in [-0.2, 0) is 9.47 Å². The number of ether oxygens (including phenoxy) is 3. The van der Waals surface area contributed by atoms with Crippen LogP contribution in [-0.4, -0.2) is 54.0 Å². The molecule has 0 spiro atoms. The van der Waals surface area contributed by atoms with Crippen molar-refractivity contribution in [1.82, 2.24) is 15.0 Å². The van der Waals surface area contributed by atoms with Gasteiger partial charge in [0.1, 0.15) is 6.10 Å². The fourth-order valence-corrected chi connectivity index (χ4v) is 3.59. The van der Waals surface area contributed by atoms with Gasteiger partial charge in [0.25, 0.3) is 0 Å². The summed E-state index contributed by atoms with van der Waals surface area (Å²) in [6.07, 6.45) is 5.19. The number of rotatable bonds is 7. The lowest BCUT2D eigenvalue weighted by molar-refractivity contribution is 0.0244. The molecule has 1 saturated heterocycles. The van der Waals surface area contributed by atoms with Crippen LogP contribution < -0.4 is 10.1 Å². The number of nitrogens with zero attached hydrogens (tertiary/aromatic N) is 4. The van der Waals surface area contributed by atoms with Gasteiger partial charge in [-0.15, -0.1) is 0 Å². The molecule has 1 aliphatic heterocycles. The number of pyridine rings is 1. The van der Waals surface area contributed by atoms with Crippen LogP contribution in [0.5, 0.6) is 5.88 Å². The first kappa shape index (κ1) is 21.0. The number of benzene rings is 1. The molecular formula is C23H25N5O3. The number of methoxy groups -OCH3 is 1. The van der Waals surface area contributed by atoms with Crippen molar-refractivity contribution in [3.8, 4) is 23.1 Å². The molecule has 160 valence electrons. The summed E-state index contributed by atoms with van der Waals surface area (Å²) in [5.74, 6) is 1.01. The minimum Gasteiger partial charge on any atom is -0.474 e. The molecule has 4 rings (SSSR count). The zero-order chi connectivity index (χ0) is 21.6. The Bertz CT molecular complexity index is 1090. The molecule has 1 N–H and O–H groups in total. The van der Waals surface area contributed by atoms with Gasteiger partial charge >= 0.3 is 0 Å². The quantitative estimate of drug-likeness (QED) is 0.620. The second-order valence-electron chi connectivity index (χ2n) is 7.56. The first-order chi connectivity index (χ1) is 15.2. The van der Waals surface area contributed by atoms with E-state index in [-0.39, 0.29) is 12.1 Å². The third kappa shape index (κ3) is 4.90. The molecule has 0 unspecified atom stereocenters. The van der Waals surface area contributed by atoms with Gasteiger partial charge in [-0.3, -0.25) is 0 Å². The molecule has 0 radical (unpaired) electrons. The number of fused-ring (bicyclic) bond motifs is 1. The zero-order valence-electron chi connectivity index (χ0n) is 17.7. The molecule has 8 nitrogen and oxygen atoms in total. The summed E-state index contributed by atoms with van der Waals surface area (Å²) in [5.41, 5.74) is 2.98. The first-order valence-electron chi connectivity index (χ1n) is 10.3. The van der Waals surface area contributed by atoms with Crippen molar-refractivity contribution in [1.29, 1.82) is 5.26 Å². The molecule has 1 atom stereocenters. The molecule has 31 heavy (non-hydrogen) atoms. The topological polar surface area (TPSA) is 102 Å². The Morgan fingerprint density at radius 3 is 2.87 bits per heavy atom. The van der Waals surface area contributed by atoms with Crippen LogP contribution in [0.2, 0.25) is 0 Å².